The smallest absolute Gasteiger partial charge is 0.180 e. The average molecular weight is 255 g/mol. The summed E-state index contributed by atoms with van der Waals surface area (Å²) in [4.78, 5) is 0. The third kappa shape index (κ3) is 2.26. The molecule has 2 rings (SSSR count). The number of nitrogens with one attached hydrogen (secondary N) is 1. The molecular formula is C9H13N5S2. The number of hydrogen-bond acceptors (Lipinski definition) is 6. The predicted molar refractivity (Wildman–Crippen MR) is 64.7 cm³/mol. The lowest BCUT2D eigenvalue weighted by molar-refractivity contribution is 0.683. The third-order valence-corrected chi connectivity index (χ3v) is 4.15. The van der Waals surface area contributed by atoms with Gasteiger partial charge in [0, 0.05) is 19.2 Å². The van der Waals surface area contributed by atoms with Gasteiger partial charge in [-0.1, -0.05) is 11.3 Å². The molecule has 0 aliphatic heterocycles. The van der Waals surface area contributed by atoms with Gasteiger partial charge in [-0.25, -0.2) is 0 Å². The monoisotopic (exact) mass is 255 g/mol. The molecule has 0 saturated carbocycles. The first kappa shape index (κ1) is 11.6. The molecule has 5 nitrogen and oxygen atoms in total. The average Bonchev–Trinajstić information content (AvgIpc) is 2.82. The fourth-order valence-corrected chi connectivity index (χ4v) is 3.09. The van der Waals surface area contributed by atoms with Crippen molar-refractivity contribution < 1.29 is 0 Å². The summed E-state index contributed by atoms with van der Waals surface area (Å²) >= 11 is 3.16. The molecule has 0 saturated heterocycles. The minimum absolute atomic E-state index is 0.820. The highest BCUT2D eigenvalue weighted by atomic mass is 32.2. The molecule has 0 aromatic carbocycles. The number of rotatable bonds is 4. The standard InChI is InChI=1S/C9H13N5S2/c1-6-7(4-10-2)8(14(3)13-6)16-9-12-11-5-15-9/h5,10H,4H2,1-3H3. The number of aryl methyl sites for hydroxylation is 2. The van der Waals surface area contributed by atoms with Crippen LogP contribution in [0, 0.1) is 6.92 Å². The molecule has 0 bridgehead atoms. The first-order valence-corrected chi connectivity index (χ1v) is 6.53. The molecule has 0 radical (unpaired) electrons. The van der Waals surface area contributed by atoms with Crippen molar-refractivity contribution >= 4 is 23.1 Å². The minimum atomic E-state index is 0.820. The lowest BCUT2D eigenvalue weighted by atomic mass is 10.3. The second kappa shape index (κ2) is 4.94. The summed E-state index contributed by atoms with van der Waals surface area (Å²) in [5.41, 5.74) is 4.03. The molecule has 1 N–H and O–H groups in total. The Bertz CT molecular complexity index is 462. The molecule has 0 fully saturated rings. The van der Waals surface area contributed by atoms with Crippen molar-refractivity contribution in [2.45, 2.75) is 22.8 Å². The van der Waals surface area contributed by atoms with Crippen molar-refractivity contribution in [1.82, 2.24) is 25.3 Å². The van der Waals surface area contributed by atoms with Gasteiger partial charge in [0.1, 0.15) is 10.5 Å². The van der Waals surface area contributed by atoms with E-state index in [1.807, 2.05) is 25.7 Å². The summed E-state index contributed by atoms with van der Waals surface area (Å²) in [6.45, 7) is 2.84. The van der Waals surface area contributed by atoms with Gasteiger partial charge in [0.15, 0.2) is 4.34 Å². The van der Waals surface area contributed by atoms with Crippen LogP contribution in [0.4, 0.5) is 0 Å². The molecule has 86 valence electrons. The Morgan fingerprint density at radius 3 is 3.00 bits per heavy atom. The second-order valence-corrected chi connectivity index (χ2v) is 5.40. The van der Waals surface area contributed by atoms with Crippen LogP contribution in [0.2, 0.25) is 0 Å². The zero-order valence-corrected chi connectivity index (χ0v) is 11.0. The largest absolute Gasteiger partial charge is 0.316 e. The van der Waals surface area contributed by atoms with Crippen molar-refractivity contribution in [2.75, 3.05) is 7.05 Å². The molecule has 2 aromatic heterocycles. The highest BCUT2D eigenvalue weighted by molar-refractivity contribution is 8.01. The number of aromatic nitrogens is 4. The summed E-state index contributed by atoms with van der Waals surface area (Å²) in [6.07, 6.45) is 0. The van der Waals surface area contributed by atoms with Crippen LogP contribution in [-0.4, -0.2) is 27.0 Å². The molecule has 2 aromatic rings. The van der Waals surface area contributed by atoms with E-state index in [0.717, 1.165) is 21.6 Å². The molecule has 0 aliphatic rings. The van der Waals surface area contributed by atoms with Gasteiger partial charge in [-0.2, -0.15) is 5.10 Å². The van der Waals surface area contributed by atoms with Crippen LogP contribution in [-0.2, 0) is 13.6 Å². The summed E-state index contributed by atoms with van der Waals surface area (Å²) in [5.74, 6) is 0. The summed E-state index contributed by atoms with van der Waals surface area (Å²) in [5, 5.41) is 16.6. The van der Waals surface area contributed by atoms with Gasteiger partial charge in [0.25, 0.3) is 0 Å². The third-order valence-electron chi connectivity index (χ3n) is 2.17. The minimum Gasteiger partial charge on any atom is -0.316 e. The Labute approximate surface area is 102 Å². The molecule has 16 heavy (non-hydrogen) atoms. The number of nitrogens with zero attached hydrogens (tertiary/aromatic N) is 4. The van der Waals surface area contributed by atoms with Gasteiger partial charge in [0.2, 0.25) is 0 Å². The van der Waals surface area contributed by atoms with Crippen molar-refractivity contribution in [1.29, 1.82) is 0 Å². The Morgan fingerprint density at radius 2 is 2.38 bits per heavy atom. The van der Waals surface area contributed by atoms with Crippen LogP contribution in [0.3, 0.4) is 0 Å². The number of hydrogen-bond donors (Lipinski definition) is 1. The molecule has 0 amide bonds. The first-order valence-electron chi connectivity index (χ1n) is 4.83. The van der Waals surface area contributed by atoms with Crippen LogP contribution >= 0.6 is 23.1 Å². The van der Waals surface area contributed by atoms with E-state index in [1.54, 1.807) is 28.6 Å². The van der Waals surface area contributed by atoms with Crippen LogP contribution in [0.1, 0.15) is 11.3 Å². The highest BCUT2D eigenvalue weighted by Gasteiger charge is 2.14. The summed E-state index contributed by atoms with van der Waals surface area (Å²) in [6, 6.07) is 0. The lowest BCUT2D eigenvalue weighted by Gasteiger charge is -2.03. The van der Waals surface area contributed by atoms with Crippen LogP contribution in [0.15, 0.2) is 14.9 Å². The van der Waals surface area contributed by atoms with E-state index in [9.17, 15) is 0 Å². The fraction of sp³-hybridized carbons (Fsp3) is 0.444. The SMILES string of the molecule is CNCc1c(C)nn(C)c1Sc1nncs1. The zero-order chi connectivity index (χ0) is 11.5. The summed E-state index contributed by atoms with van der Waals surface area (Å²) < 4.78 is 2.84. The normalized spacial score (nSPS) is 10.9. The highest BCUT2D eigenvalue weighted by Crippen LogP contribution is 2.32. The van der Waals surface area contributed by atoms with Gasteiger partial charge in [0.05, 0.1) is 5.69 Å². The van der Waals surface area contributed by atoms with E-state index in [0.29, 0.717) is 0 Å². The quantitative estimate of drug-likeness (QED) is 0.896. The second-order valence-electron chi connectivity index (χ2n) is 3.33. The van der Waals surface area contributed by atoms with E-state index in [4.69, 9.17) is 0 Å². The maximum Gasteiger partial charge on any atom is 0.180 e. The first-order chi connectivity index (χ1) is 7.72. The van der Waals surface area contributed by atoms with Crippen LogP contribution in [0.5, 0.6) is 0 Å². The van der Waals surface area contributed by atoms with Gasteiger partial charge in [-0.05, 0) is 25.7 Å². The van der Waals surface area contributed by atoms with Gasteiger partial charge in [-0.15, -0.1) is 10.2 Å². The zero-order valence-electron chi connectivity index (χ0n) is 9.39. The van der Waals surface area contributed by atoms with Crippen molar-refractivity contribution in [2.24, 2.45) is 7.05 Å². The fourth-order valence-electron chi connectivity index (χ4n) is 1.48. The Morgan fingerprint density at radius 1 is 1.56 bits per heavy atom. The van der Waals surface area contributed by atoms with E-state index < -0.39 is 0 Å². The van der Waals surface area contributed by atoms with Crippen molar-refractivity contribution in [3.8, 4) is 0 Å². The van der Waals surface area contributed by atoms with Crippen LogP contribution in [0.25, 0.3) is 0 Å². The van der Waals surface area contributed by atoms with Crippen molar-refractivity contribution in [3.63, 3.8) is 0 Å². The Hall–Kier alpha value is -0.920. The molecule has 0 atom stereocenters. The summed E-state index contributed by atoms with van der Waals surface area (Å²) in [7, 11) is 3.89. The van der Waals surface area contributed by atoms with Crippen LogP contribution < -0.4 is 5.32 Å². The van der Waals surface area contributed by atoms with E-state index in [-0.39, 0.29) is 0 Å². The Kier molecular flexibility index (Phi) is 3.57. The topological polar surface area (TPSA) is 55.6 Å². The maximum atomic E-state index is 4.42. The molecule has 7 heteroatoms. The lowest BCUT2D eigenvalue weighted by Crippen LogP contribution is -2.06. The molecule has 0 spiro atoms. The molecule has 0 aliphatic carbocycles. The molecule has 0 unspecified atom stereocenters. The van der Waals surface area contributed by atoms with E-state index >= 15 is 0 Å². The van der Waals surface area contributed by atoms with E-state index in [1.165, 1.54) is 5.56 Å². The van der Waals surface area contributed by atoms with E-state index in [2.05, 4.69) is 20.6 Å². The Balaban J connectivity index is 2.31. The van der Waals surface area contributed by atoms with Gasteiger partial charge >= 0.3 is 0 Å². The maximum absolute atomic E-state index is 4.42. The van der Waals surface area contributed by atoms with Gasteiger partial charge < -0.3 is 5.32 Å². The van der Waals surface area contributed by atoms with Crippen molar-refractivity contribution in [3.05, 3.63) is 16.8 Å². The predicted octanol–water partition coefficient (Wildman–Crippen LogP) is 1.45. The molecule has 2 heterocycles. The molecular weight excluding hydrogens is 242 g/mol. The van der Waals surface area contributed by atoms with Gasteiger partial charge in [-0.3, -0.25) is 4.68 Å².